The lowest BCUT2D eigenvalue weighted by Gasteiger charge is -2.08. The molecule has 0 atom stereocenters. The number of benzene rings is 2. The zero-order valence-electron chi connectivity index (χ0n) is 14.5. The highest BCUT2D eigenvalue weighted by atomic mass is 32.2. The first-order chi connectivity index (χ1) is 12.6. The van der Waals surface area contributed by atoms with E-state index in [9.17, 15) is 21.2 Å². The Morgan fingerprint density at radius 1 is 1.00 bits per heavy atom. The summed E-state index contributed by atoms with van der Waals surface area (Å²) in [4.78, 5) is 4.76. The monoisotopic (exact) mass is 425 g/mol. The molecule has 0 bridgehead atoms. The van der Waals surface area contributed by atoms with E-state index in [0.717, 1.165) is 17.6 Å². The first-order valence-corrected chi connectivity index (χ1v) is 12.3. The van der Waals surface area contributed by atoms with Crippen LogP contribution in [0, 0.1) is 5.82 Å². The molecule has 3 rings (SSSR count). The van der Waals surface area contributed by atoms with E-state index < -0.39 is 25.5 Å². The molecule has 0 aliphatic rings. The fourth-order valence-corrected chi connectivity index (χ4v) is 5.93. The summed E-state index contributed by atoms with van der Waals surface area (Å²) in [7, 11) is -7.14. The van der Waals surface area contributed by atoms with Crippen molar-refractivity contribution < 1.29 is 21.2 Å². The molecule has 0 saturated heterocycles. The van der Waals surface area contributed by atoms with Crippen molar-refractivity contribution in [1.82, 2.24) is 4.98 Å². The van der Waals surface area contributed by atoms with E-state index in [-0.39, 0.29) is 15.0 Å². The minimum atomic E-state index is -3.59. The van der Waals surface area contributed by atoms with Crippen LogP contribution in [0.1, 0.15) is 6.92 Å². The van der Waals surface area contributed by atoms with Crippen LogP contribution >= 0.6 is 11.3 Å². The zero-order valence-corrected chi connectivity index (χ0v) is 17.0. The Morgan fingerprint density at radius 2 is 1.63 bits per heavy atom. The van der Waals surface area contributed by atoms with Gasteiger partial charge in [-0.15, -0.1) is 11.3 Å². The zero-order chi connectivity index (χ0) is 19.8. The van der Waals surface area contributed by atoms with Crippen molar-refractivity contribution in [3.8, 4) is 21.7 Å². The number of nitrogens with zero attached hydrogens (tertiary/aromatic N) is 1. The number of rotatable bonds is 5. The van der Waals surface area contributed by atoms with E-state index in [1.807, 2.05) is 0 Å². The third kappa shape index (κ3) is 3.95. The van der Waals surface area contributed by atoms with Gasteiger partial charge < -0.3 is 0 Å². The van der Waals surface area contributed by atoms with Gasteiger partial charge in [0.1, 0.15) is 5.82 Å². The van der Waals surface area contributed by atoms with Crippen LogP contribution in [-0.2, 0) is 19.7 Å². The molecule has 0 radical (unpaired) electrons. The maximum atomic E-state index is 13.3. The van der Waals surface area contributed by atoms with Gasteiger partial charge in [0, 0.05) is 17.4 Å². The van der Waals surface area contributed by atoms with Gasteiger partial charge in [0.25, 0.3) is 0 Å². The van der Waals surface area contributed by atoms with Gasteiger partial charge in [-0.1, -0.05) is 25.1 Å². The summed E-state index contributed by atoms with van der Waals surface area (Å²) in [6, 6.07) is 11.8. The Kier molecular flexibility index (Phi) is 5.20. The van der Waals surface area contributed by atoms with E-state index in [2.05, 4.69) is 4.98 Å². The van der Waals surface area contributed by atoms with Crippen molar-refractivity contribution in [3.05, 3.63) is 54.3 Å². The normalized spacial score (nSPS) is 12.3. The van der Waals surface area contributed by atoms with Crippen LogP contribution in [0.4, 0.5) is 4.39 Å². The minimum absolute atomic E-state index is 0.0810. The summed E-state index contributed by atoms with van der Waals surface area (Å²) < 4.78 is 62.3. The highest BCUT2D eigenvalue weighted by molar-refractivity contribution is 7.93. The van der Waals surface area contributed by atoms with Gasteiger partial charge in [0.2, 0.25) is 14.2 Å². The van der Waals surface area contributed by atoms with Crippen LogP contribution in [0.15, 0.2) is 57.8 Å². The van der Waals surface area contributed by atoms with Crippen molar-refractivity contribution in [3.63, 3.8) is 0 Å². The number of hydrogen-bond acceptors (Lipinski definition) is 6. The second-order valence-electron chi connectivity index (χ2n) is 5.84. The first kappa shape index (κ1) is 19.7. The average Bonchev–Trinajstić information content (AvgIpc) is 3.08. The molecular weight excluding hydrogens is 409 g/mol. The number of aromatic nitrogens is 1. The molecule has 0 amide bonds. The minimum Gasteiger partial charge on any atom is -0.224 e. The lowest BCUT2D eigenvalue weighted by Crippen LogP contribution is -2.02. The van der Waals surface area contributed by atoms with E-state index in [4.69, 9.17) is 0 Å². The number of sulfone groups is 2. The standard InChI is InChI=1S/C18H16FNO4S3/c1-3-27(23,24)18-20-16(12-8-10-13(19)11-9-12)17(25-18)14-6-4-5-7-15(14)26(2,21)22/h4-11H,3H2,1-2H3. The van der Waals surface area contributed by atoms with Gasteiger partial charge in [-0.2, -0.15) is 0 Å². The summed E-state index contributed by atoms with van der Waals surface area (Å²) in [5, 5.41) is 0. The molecule has 2 aromatic carbocycles. The van der Waals surface area contributed by atoms with Crippen molar-refractivity contribution in [2.45, 2.75) is 16.2 Å². The molecule has 1 heterocycles. The van der Waals surface area contributed by atoms with Gasteiger partial charge in [0.15, 0.2) is 9.84 Å². The number of halogens is 1. The SMILES string of the molecule is CCS(=O)(=O)c1nc(-c2ccc(F)cc2)c(-c2ccccc2S(C)(=O)=O)s1. The first-order valence-electron chi connectivity index (χ1n) is 7.92. The Bertz CT molecular complexity index is 1200. The molecule has 0 N–H and O–H groups in total. The molecule has 27 heavy (non-hydrogen) atoms. The molecule has 0 unspecified atom stereocenters. The molecule has 0 fully saturated rings. The lowest BCUT2D eigenvalue weighted by atomic mass is 10.1. The Hall–Kier alpha value is -2.10. The maximum absolute atomic E-state index is 13.3. The Morgan fingerprint density at radius 3 is 2.22 bits per heavy atom. The van der Waals surface area contributed by atoms with Crippen molar-refractivity contribution >= 4 is 31.0 Å². The summed E-state index contributed by atoms with van der Waals surface area (Å²) in [6.45, 7) is 1.51. The molecule has 0 spiro atoms. The van der Waals surface area contributed by atoms with Gasteiger partial charge >= 0.3 is 0 Å². The molecule has 0 aliphatic carbocycles. The van der Waals surface area contributed by atoms with Gasteiger partial charge in [-0.25, -0.2) is 26.2 Å². The third-order valence-corrected chi connectivity index (χ3v) is 8.34. The van der Waals surface area contributed by atoms with E-state index in [1.165, 1.54) is 37.3 Å². The Balaban J connectivity index is 2.35. The van der Waals surface area contributed by atoms with Gasteiger partial charge in [-0.3, -0.25) is 0 Å². The third-order valence-electron chi connectivity index (χ3n) is 3.90. The maximum Gasteiger partial charge on any atom is 0.210 e. The molecule has 142 valence electrons. The van der Waals surface area contributed by atoms with Crippen molar-refractivity contribution in [1.29, 1.82) is 0 Å². The number of hydrogen-bond donors (Lipinski definition) is 0. The molecule has 9 heteroatoms. The van der Waals surface area contributed by atoms with Gasteiger partial charge in [-0.05, 0) is 30.3 Å². The number of thiazole rings is 1. The average molecular weight is 426 g/mol. The predicted octanol–water partition coefficient (Wildman–Crippen LogP) is 3.81. The smallest absolute Gasteiger partial charge is 0.210 e. The van der Waals surface area contributed by atoms with Crippen LogP contribution in [0.2, 0.25) is 0 Å². The highest BCUT2D eigenvalue weighted by Gasteiger charge is 2.25. The van der Waals surface area contributed by atoms with Crippen LogP contribution in [0.5, 0.6) is 0 Å². The molecule has 0 saturated carbocycles. The Labute approximate surface area is 161 Å². The quantitative estimate of drug-likeness (QED) is 0.621. The molecule has 5 nitrogen and oxygen atoms in total. The fourth-order valence-electron chi connectivity index (χ4n) is 2.52. The molecule has 1 aromatic heterocycles. The van der Waals surface area contributed by atoms with Crippen LogP contribution in [0.25, 0.3) is 21.7 Å². The fraction of sp³-hybridized carbons (Fsp3) is 0.167. The summed E-state index contributed by atoms with van der Waals surface area (Å²) in [6.07, 6.45) is 1.09. The van der Waals surface area contributed by atoms with Crippen LogP contribution < -0.4 is 0 Å². The van der Waals surface area contributed by atoms with E-state index in [0.29, 0.717) is 21.7 Å². The molecule has 3 aromatic rings. The molecule has 0 aliphatic heterocycles. The van der Waals surface area contributed by atoms with Gasteiger partial charge in [0.05, 0.1) is 21.2 Å². The summed E-state index contributed by atoms with van der Waals surface area (Å²) in [5.74, 6) is -0.565. The molecular formula is C18H16FNO4S3. The van der Waals surface area contributed by atoms with E-state index in [1.54, 1.807) is 18.2 Å². The van der Waals surface area contributed by atoms with Crippen LogP contribution in [0.3, 0.4) is 0 Å². The van der Waals surface area contributed by atoms with Crippen LogP contribution in [-0.4, -0.2) is 33.8 Å². The highest BCUT2D eigenvalue weighted by Crippen LogP contribution is 2.41. The topological polar surface area (TPSA) is 81.2 Å². The van der Waals surface area contributed by atoms with E-state index >= 15 is 0 Å². The predicted molar refractivity (Wildman–Crippen MR) is 104 cm³/mol. The largest absolute Gasteiger partial charge is 0.224 e. The summed E-state index contributed by atoms with van der Waals surface area (Å²) in [5.41, 5.74) is 1.18. The summed E-state index contributed by atoms with van der Waals surface area (Å²) >= 11 is 0.916. The van der Waals surface area contributed by atoms with Crippen molar-refractivity contribution in [2.24, 2.45) is 0 Å². The van der Waals surface area contributed by atoms with Crippen molar-refractivity contribution in [2.75, 3.05) is 12.0 Å². The second-order valence-corrected chi connectivity index (χ2v) is 11.3. The second kappa shape index (κ2) is 7.14. The lowest BCUT2D eigenvalue weighted by molar-refractivity contribution is 0.596.